The standard InChI is InChI=1S/C17H28ClNO/c1-11(2)7-14(8-12(3)4)19-16-9-13(5)15(18)10-17(16)20-6/h9-12,14,19H,7-8H2,1-6H3. The van der Waals surface area contributed by atoms with Gasteiger partial charge in [-0.05, 0) is 43.2 Å². The van der Waals surface area contributed by atoms with Crippen molar-refractivity contribution < 1.29 is 4.74 Å². The highest BCUT2D eigenvalue weighted by atomic mass is 35.5. The van der Waals surface area contributed by atoms with Gasteiger partial charge in [-0.3, -0.25) is 0 Å². The number of hydrogen-bond donors (Lipinski definition) is 1. The van der Waals surface area contributed by atoms with Crippen LogP contribution in [0.4, 0.5) is 5.69 Å². The van der Waals surface area contributed by atoms with E-state index in [-0.39, 0.29) is 0 Å². The van der Waals surface area contributed by atoms with Crippen LogP contribution in [0.5, 0.6) is 5.75 Å². The second-order valence-electron chi connectivity index (χ2n) is 6.40. The van der Waals surface area contributed by atoms with Crippen LogP contribution >= 0.6 is 11.6 Å². The summed E-state index contributed by atoms with van der Waals surface area (Å²) < 4.78 is 5.45. The number of hydrogen-bond acceptors (Lipinski definition) is 2. The van der Waals surface area contributed by atoms with Crippen LogP contribution in [0.15, 0.2) is 12.1 Å². The van der Waals surface area contributed by atoms with Crippen LogP contribution in [-0.4, -0.2) is 13.2 Å². The number of ether oxygens (including phenoxy) is 1. The van der Waals surface area contributed by atoms with Gasteiger partial charge in [0.05, 0.1) is 12.8 Å². The predicted molar refractivity (Wildman–Crippen MR) is 89.1 cm³/mol. The van der Waals surface area contributed by atoms with Crippen LogP contribution < -0.4 is 10.1 Å². The molecule has 0 radical (unpaired) electrons. The monoisotopic (exact) mass is 297 g/mol. The minimum Gasteiger partial charge on any atom is -0.495 e. The van der Waals surface area contributed by atoms with E-state index in [4.69, 9.17) is 16.3 Å². The van der Waals surface area contributed by atoms with Crippen molar-refractivity contribution in [1.29, 1.82) is 0 Å². The van der Waals surface area contributed by atoms with Gasteiger partial charge in [-0.15, -0.1) is 0 Å². The second kappa shape index (κ2) is 7.78. The van der Waals surface area contributed by atoms with Gasteiger partial charge in [0.1, 0.15) is 5.75 Å². The fourth-order valence-electron chi connectivity index (χ4n) is 2.52. The molecule has 114 valence electrons. The van der Waals surface area contributed by atoms with Gasteiger partial charge in [0.2, 0.25) is 0 Å². The average Bonchev–Trinajstić information content (AvgIpc) is 2.31. The smallest absolute Gasteiger partial charge is 0.143 e. The minimum atomic E-state index is 0.462. The lowest BCUT2D eigenvalue weighted by atomic mass is 9.95. The largest absolute Gasteiger partial charge is 0.495 e. The SMILES string of the molecule is COc1cc(Cl)c(C)cc1NC(CC(C)C)CC(C)C. The Hall–Kier alpha value is -0.890. The molecule has 0 bridgehead atoms. The van der Waals surface area contributed by atoms with Gasteiger partial charge in [-0.2, -0.15) is 0 Å². The Morgan fingerprint density at radius 3 is 2.10 bits per heavy atom. The van der Waals surface area contributed by atoms with E-state index in [1.165, 1.54) is 0 Å². The Balaban J connectivity index is 2.94. The zero-order valence-corrected chi connectivity index (χ0v) is 14.3. The number of nitrogens with one attached hydrogen (secondary N) is 1. The molecule has 0 saturated carbocycles. The normalized spacial score (nSPS) is 11.5. The van der Waals surface area contributed by atoms with Crippen molar-refractivity contribution in [3.63, 3.8) is 0 Å². The number of aryl methyl sites for hydroxylation is 1. The third-order valence-corrected chi connectivity index (χ3v) is 3.76. The van der Waals surface area contributed by atoms with Crippen molar-refractivity contribution in [2.24, 2.45) is 11.8 Å². The third-order valence-electron chi connectivity index (χ3n) is 3.35. The van der Waals surface area contributed by atoms with Gasteiger partial charge in [-0.1, -0.05) is 39.3 Å². The molecule has 0 fully saturated rings. The quantitative estimate of drug-likeness (QED) is 0.714. The summed E-state index contributed by atoms with van der Waals surface area (Å²) >= 11 is 6.16. The molecule has 2 nitrogen and oxygen atoms in total. The lowest BCUT2D eigenvalue weighted by molar-refractivity contribution is 0.411. The van der Waals surface area contributed by atoms with Crippen molar-refractivity contribution in [1.82, 2.24) is 0 Å². The first-order valence-corrected chi connectivity index (χ1v) is 7.82. The fourth-order valence-corrected chi connectivity index (χ4v) is 2.67. The summed E-state index contributed by atoms with van der Waals surface area (Å²) in [6.07, 6.45) is 2.31. The summed E-state index contributed by atoms with van der Waals surface area (Å²) in [6.45, 7) is 11.1. The van der Waals surface area contributed by atoms with E-state index < -0.39 is 0 Å². The molecule has 1 aromatic carbocycles. The molecule has 1 N–H and O–H groups in total. The molecule has 0 aromatic heterocycles. The molecule has 0 heterocycles. The van der Waals surface area contributed by atoms with Crippen molar-refractivity contribution in [3.8, 4) is 5.75 Å². The average molecular weight is 298 g/mol. The number of anilines is 1. The molecule has 0 aliphatic carbocycles. The molecule has 20 heavy (non-hydrogen) atoms. The molecule has 0 saturated heterocycles. The summed E-state index contributed by atoms with van der Waals surface area (Å²) in [5, 5.41) is 4.39. The van der Waals surface area contributed by atoms with Gasteiger partial charge >= 0.3 is 0 Å². The molecule has 0 aliphatic heterocycles. The molecular formula is C17H28ClNO. The van der Waals surface area contributed by atoms with Crippen LogP contribution in [-0.2, 0) is 0 Å². The first-order chi connectivity index (χ1) is 9.33. The van der Waals surface area contributed by atoms with E-state index in [0.29, 0.717) is 17.9 Å². The molecule has 3 heteroatoms. The summed E-state index contributed by atoms with van der Waals surface area (Å²) in [6, 6.07) is 4.43. The fraction of sp³-hybridized carbons (Fsp3) is 0.647. The highest BCUT2D eigenvalue weighted by Crippen LogP contribution is 2.32. The van der Waals surface area contributed by atoms with Crippen molar-refractivity contribution in [3.05, 3.63) is 22.7 Å². The summed E-state index contributed by atoms with van der Waals surface area (Å²) in [7, 11) is 1.69. The lowest BCUT2D eigenvalue weighted by Gasteiger charge is -2.25. The van der Waals surface area contributed by atoms with Gasteiger partial charge < -0.3 is 10.1 Å². The van der Waals surface area contributed by atoms with E-state index in [0.717, 1.165) is 34.9 Å². The predicted octanol–water partition coefficient (Wildman–Crippen LogP) is 5.53. The van der Waals surface area contributed by atoms with E-state index in [1.54, 1.807) is 7.11 Å². The maximum absolute atomic E-state index is 6.16. The van der Waals surface area contributed by atoms with E-state index in [1.807, 2.05) is 13.0 Å². The van der Waals surface area contributed by atoms with Crippen molar-refractivity contribution in [2.75, 3.05) is 12.4 Å². The highest BCUT2D eigenvalue weighted by molar-refractivity contribution is 6.31. The van der Waals surface area contributed by atoms with Gasteiger partial charge in [0.25, 0.3) is 0 Å². The zero-order chi connectivity index (χ0) is 15.3. The molecule has 0 atom stereocenters. The third kappa shape index (κ3) is 5.24. The molecular weight excluding hydrogens is 270 g/mol. The molecule has 1 rings (SSSR count). The Labute approximate surface area is 128 Å². The van der Waals surface area contributed by atoms with Crippen LogP contribution in [0.2, 0.25) is 5.02 Å². The second-order valence-corrected chi connectivity index (χ2v) is 6.81. The van der Waals surface area contributed by atoms with Crippen molar-refractivity contribution in [2.45, 2.75) is 53.5 Å². The number of benzene rings is 1. The molecule has 0 amide bonds. The number of rotatable bonds is 7. The summed E-state index contributed by atoms with van der Waals surface area (Å²) in [5.74, 6) is 2.16. The van der Waals surface area contributed by atoms with Gasteiger partial charge in [0.15, 0.2) is 0 Å². The first kappa shape index (κ1) is 17.2. The van der Waals surface area contributed by atoms with E-state index >= 15 is 0 Å². The van der Waals surface area contributed by atoms with Crippen LogP contribution in [0.25, 0.3) is 0 Å². The number of methoxy groups -OCH3 is 1. The van der Waals surface area contributed by atoms with Crippen LogP contribution in [0, 0.1) is 18.8 Å². The number of halogens is 1. The minimum absolute atomic E-state index is 0.462. The maximum Gasteiger partial charge on any atom is 0.143 e. The summed E-state index contributed by atoms with van der Waals surface area (Å²) in [5.41, 5.74) is 2.11. The Morgan fingerprint density at radius 1 is 1.10 bits per heavy atom. The molecule has 0 aliphatic rings. The topological polar surface area (TPSA) is 21.3 Å². The van der Waals surface area contributed by atoms with Gasteiger partial charge in [0, 0.05) is 17.1 Å². The Bertz CT molecular complexity index is 419. The summed E-state index contributed by atoms with van der Waals surface area (Å²) in [4.78, 5) is 0. The zero-order valence-electron chi connectivity index (χ0n) is 13.6. The molecule has 1 aromatic rings. The first-order valence-electron chi connectivity index (χ1n) is 7.44. The van der Waals surface area contributed by atoms with Crippen molar-refractivity contribution >= 4 is 17.3 Å². The van der Waals surface area contributed by atoms with Crippen LogP contribution in [0.1, 0.15) is 46.1 Å². The Kier molecular flexibility index (Phi) is 6.67. The molecule has 0 spiro atoms. The maximum atomic E-state index is 6.16. The highest BCUT2D eigenvalue weighted by Gasteiger charge is 2.15. The Morgan fingerprint density at radius 2 is 1.65 bits per heavy atom. The van der Waals surface area contributed by atoms with Gasteiger partial charge in [-0.25, -0.2) is 0 Å². The molecule has 0 unspecified atom stereocenters. The van der Waals surface area contributed by atoms with E-state index in [2.05, 4.69) is 39.1 Å². The van der Waals surface area contributed by atoms with E-state index in [9.17, 15) is 0 Å². The van der Waals surface area contributed by atoms with Crippen LogP contribution in [0.3, 0.4) is 0 Å². The lowest BCUT2D eigenvalue weighted by Crippen LogP contribution is -2.24.